The molecule has 3 aromatic heterocycles. The van der Waals surface area contributed by atoms with Crippen molar-refractivity contribution in [2.45, 2.75) is 0 Å². The second-order valence-electron chi connectivity index (χ2n) is 12.4. The maximum Gasteiger partial charge on any atom is 0.164 e. The molecule has 0 radical (unpaired) electrons. The van der Waals surface area contributed by atoms with Gasteiger partial charge in [-0.15, -0.1) is 0 Å². The van der Waals surface area contributed by atoms with Crippen LogP contribution in [0, 0.1) is 0 Å². The summed E-state index contributed by atoms with van der Waals surface area (Å²) >= 11 is 0. The average molecular weight is 642 g/mol. The molecule has 234 valence electrons. The van der Waals surface area contributed by atoms with Gasteiger partial charge in [0.15, 0.2) is 17.5 Å². The van der Waals surface area contributed by atoms with E-state index < -0.39 is 0 Å². The SMILES string of the molecule is c1ccc(-c2ccc(-c3nc(-c4ccccc4)nc(-c4ccc(-c5cccc6oc7ccccc7c56)c5oc6ccccc6c45)n3)cc2)cc1. The van der Waals surface area contributed by atoms with Crippen LogP contribution in [0.1, 0.15) is 0 Å². The van der Waals surface area contributed by atoms with Crippen molar-refractivity contribution in [1.82, 2.24) is 15.0 Å². The normalized spacial score (nSPS) is 11.6. The van der Waals surface area contributed by atoms with E-state index in [1.807, 2.05) is 84.9 Å². The van der Waals surface area contributed by atoms with Crippen molar-refractivity contribution in [1.29, 1.82) is 0 Å². The van der Waals surface area contributed by atoms with Crippen molar-refractivity contribution in [2.75, 3.05) is 0 Å². The lowest BCUT2D eigenvalue weighted by molar-refractivity contribution is 0.668. The fourth-order valence-corrected chi connectivity index (χ4v) is 7.01. The molecule has 0 aliphatic heterocycles. The first-order chi connectivity index (χ1) is 24.8. The van der Waals surface area contributed by atoms with Crippen LogP contribution in [-0.2, 0) is 0 Å². The third kappa shape index (κ3) is 4.60. The number of rotatable bonds is 5. The molecule has 0 fully saturated rings. The number of aromatic nitrogens is 3. The Labute approximate surface area is 287 Å². The lowest BCUT2D eigenvalue weighted by atomic mass is 9.95. The first-order valence-corrected chi connectivity index (χ1v) is 16.6. The molecule has 0 saturated heterocycles. The number of nitrogens with zero attached hydrogens (tertiary/aromatic N) is 3. The highest BCUT2D eigenvalue weighted by Crippen LogP contribution is 2.44. The highest BCUT2D eigenvalue weighted by atomic mass is 16.3. The zero-order valence-electron chi connectivity index (χ0n) is 26.7. The van der Waals surface area contributed by atoms with E-state index in [1.165, 1.54) is 0 Å². The molecule has 0 atom stereocenters. The molecular weight excluding hydrogens is 615 g/mol. The molecule has 7 aromatic carbocycles. The maximum absolute atomic E-state index is 6.72. The Hall–Kier alpha value is -6.85. The summed E-state index contributed by atoms with van der Waals surface area (Å²) in [6.07, 6.45) is 0. The second-order valence-corrected chi connectivity index (χ2v) is 12.4. The summed E-state index contributed by atoms with van der Waals surface area (Å²) in [4.78, 5) is 15.2. The monoisotopic (exact) mass is 641 g/mol. The van der Waals surface area contributed by atoms with E-state index in [4.69, 9.17) is 23.8 Å². The molecule has 5 nitrogen and oxygen atoms in total. The molecule has 0 N–H and O–H groups in total. The predicted octanol–water partition coefficient (Wildman–Crippen LogP) is 12.0. The zero-order valence-corrected chi connectivity index (χ0v) is 26.7. The van der Waals surface area contributed by atoms with Gasteiger partial charge in [0.2, 0.25) is 0 Å². The van der Waals surface area contributed by atoms with E-state index in [2.05, 4.69) is 78.9 Å². The number of hydrogen-bond acceptors (Lipinski definition) is 5. The maximum atomic E-state index is 6.72. The number of furan rings is 2. The van der Waals surface area contributed by atoms with Crippen LogP contribution in [-0.4, -0.2) is 15.0 Å². The van der Waals surface area contributed by atoms with Crippen molar-refractivity contribution in [3.8, 4) is 56.4 Å². The van der Waals surface area contributed by atoms with Gasteiger partial charge in [0.1, 0.15) is 22.3 Å². The van der Waals surface area contributed by atoms with Crippen LogP contribution in [0.25, 0.3) is 100 Å². The van der Waals surface area contributed by atoms with E-state index in [9.17, 15) is 0 Å². The molecule has 0 aliphatic carbocycles. The van der Waals surface area contributed by atoms with Crippen molar-refractivity contribution < 1.29 is 8.83 Å². The topological polar surface area (TPSA) is 65.0 Å². The van der Waals surface area contributed by atoms with Gasteiger partial charge in [0.05, 0.1) is 0 Å². The molecule has 50 heavy (non-hydrogen) atoms. The first-order valence-electron chi connectivity index (χ1n) is 16.6. The minimum atomic E-state index is 0.580. The van der Waals surface area contributed by atoms with Crippen LogP contribution in [0.4, 0.5) is 0 Å². The summed E-state index contributed by atoms with van der Waals surface area (Å²) in [5.41, 5.74) is 10.3. The number of hydrogen-bond donors (Lipinski definition) is 0. The van der Waals surface area contributed by atoms with E-state index in [0.717, 1.165) is 82.8 Å². The third-order valence-electron chi connectivity index (χ3n) is 9.38. The molecule has 10 rings (SSSR count). The highest BCUT2D eigenvalue weighted by Gasteiger charge is 2.22. The van der Waals surface area contributed by atoms with Crippen LogP contribution >= 0.6 is 0 Å². The number of fused-ring (bicyclic) bond motifs is 6. The van der Waals surface area contributed by atoms with Gasteiger partial charge >= 0.3 is 0 Å². The summed E-state index contributed by atoms with van der Waals surface area (Å²) in [5, 5.41) is 4.09. The van der Waals surface area contributed by atoms with Crippen molar-refractivity contribution >= 4 is 43.9 Å². The Morgan fingerprint density at radius 1 is 0.300 bits per heavy atom. The molecule has 0 unspecified atom stereocenters. The number of benzene rings is 7. The lowest BCUT2D eigenvalue weighted by Crippen LogP contribution is -2.00. The summed E-state index contributed by atoms with van der Waals surface area (Å²) in [6.45, 7) is 0. The van der Waals surface area contributed by atoms with Crippen molar-refractivity contribution in [2.24, 2.45) is 0 Å². The Kier molecular flexibility index (Phi) is 6.42. The molecule has 0 bridgehead atoms. The van der Waals surface area contributed by atoms with Crippen LogP contribution in [0.2, 0.25) is 0 Å². The summed E-state index contributed by atoms with van der Waals surface area (Å²) in [6, 6.07) is 55.6. The van der Waals surface area contributed by atoms with Gasteiger partial charge in [-0.3, -0.25) is 0 Å². The first kappa shape index (κ1) is 28.2. The van der Waals surface area contributed by atoms with Crippen LogP contribution < -0.4 is 0 Å². The molecule has 10 aromatic rings. The molecule has 0 amide bonds. The van der Waals surface area contributed by atoms with E-state index in [0.29, 0.717) is 17.5 Å². The molecule has 0 spiro atoms. The lowest BCUT2D eigenvalue weighted by Gasteiger charge is -2.11. The Bertz CT molecular complexity index is 2850. The van der Waals surface area contributed by atoms with Gasteiger partial charge in [-0.2, -0.15) is 0 Å². The standard InChI is InChI=1S/C45H27N3O2/c1-3-12-28(13-4-1)29-22-24-31(25-23-29)44-46-43(30-14-5-2-6-15-30)47-45(48-44)36-27-26-33(42-41(36)35-17-8-10-20-38(35)50-42)32-18-11-21-39-40(32)34-16-7-9-19-37(34)49-39/h1-27H. The van der Waals surface area contributed by atoms with Crippen LogP contribution in [0.15, 0.2) is 173 Å². The Morgan fingerprint density at radius 2 is 0.800 bits per heavy atom. The number of para-hydroxylation sites is 2. The van der Waals surface area contributed by atoms with Crippen LogP contribution in [0.5, 0.6) is 0 Å². The van der Waals surface area contributed by atoms with Crippen LogP contribution in [0.3, 0.4) is 0 Å². The minimum absolute atomic E-state index is 0.580. The third-order valence-corrected chi connectivity index (χ3v) is 9.38. The largest absolute Gasteiger partial charge is 0.456 e. The van der Waals surface area contributed by atoms with E-state index >= 15 is 0 Å². The molecule has 3 heterocycles. The van der Waals surface area contributed by atoms with E-state index in [-0.39, 0.29) is 0 Å². The van der Waals surface area contributed by atoms with Gasteiger partial charge in [-0.05, 0) is 47.0 Å². The molecule has 0 saturated carbocycles. The molecule has 0 aliphatic rings. The average Bonchev–Trinajstić information content (AvgIpc) is 3.77. The van der Waals surface area contributed by atoms with Gasteiger partial charge < -0.3 is 8.83 Å². The molecular formula is C45H27N3O2. The predicted molar refractivity (Wildman–Crippen MR) is 202 cm³/mol. The fourth-order valence-electron chi connectivity index (χ4n) is 7.01. The zero-order chi connectivity index (χ0) is 33.0. The Balaban J connectivity index is 1.21. The Morgan fingerprint density at radius 3 is 1.52 bits per heavy atom. The van der Waals surface area contributed by atoms with Gasteiger partial charge in [0, 0.05) is 43.8 Å². The van der Waals surface area contributed by atoms with Gasteiger partial charge in [0.25, 0.3) is 0 Å². The smallest absolute Gasteiger partial charge is 0.164 e. The summed E-state index contributed by atoms with van der Waals surface area (Å²) < 4.78 is 13.0. The minimum Gasteiger partial charge on any atom is -0.456 e. The second kappa shape index (κ2) is 11.4. The quantitative estimate of drug-likeness (QED) is 0.187. The highest BCUT2D eigenvalue weighted by molar-refractivity contribution is 6.20. The van der Waals surface area contributed by atoms with Crippen molar-refractivity contribution in [3.63, 3.8) is 0 Å². The molecule has 5 heteroatoms. The van der Waals surface area contributed by atoms with Gasteiger partial charge in [-0.1, -0.05) is 133 Å². The van der Waals surface area contributed by atoms with Crippen molar-refractivity contribution in [3.05, 3.63) is 164 Å². The summed E-state index contributed by atoms with van der Waals surface area (Å²) in [7, 11) is 0. The van der Waals surface area contributed by atoms with Gasteiger partial charge in [-0.25, -0.2) is 15.0 Å². The van der Waals surface area contributed by atoms with E-state index in [1.54, 1.807) is 0 Å². The fraction of sp³-hybridized carbons (Fsp3) is 0. The summed E-state index contributed by atoms with van der Waals surface area (Å²) in [5.74, 6) is 1.79.